The molecule has 0 aliphatic rings. The van der Waals surface area contributed by atoms with Crippen LogP contribution in [0.15, 0.2) is 10.5 Å². The molecule has 0 spiro atoms. The van der Waals surface area contributed by atoms with E-state index in [-0.39, 0.29) is 18.2 Å². The summed E-state index contributed by atoms with van der Waals surface area (Å²) in [5.41, 5.74) is 0.764. The summed E-state index contributed by atoms with van der Waals surface area (Å²) in [6, 6.07) is 1.80. The summed E-state index contributed by atoms with van der Waals surface area (Å²) in [5, 5.41) is 9.07. The van der Waals surface area contributed by atoms with Gasteiger partial charge in [-0.3, -0.25) is 9.59 Å². The highest BCUT2D eigenvalue weighted by atomic mass is 16.5. The third-order valence-electron chi connectivity index (χ3n) is 3.36. The van der Waals surface area contributed by atoms with Crippen molar-refractivity contribution in [2.75, 3.05) is 26.3 Å². The highest BCUT2D eigenvalue weighted by Gasteiger charge is 2.25. The summed E-state index contributed by atoms with van der Waals surface area (Å²) >= 11 is 0. The van der Waals surface area contributed by atoms with Crippen LogP contribution in [0.25, 0.3) is 0 Å². The molecule has 1 aromatic rings. The Morgan fingerprint density at radius 2 is 2.09 bits per heavy atom. The van der Waals surface area contributed by atoms with Crippen molar-refractivity contribution in [2.24, 2.45) is 5.92 Å². The zero-order valence-electron chi connectivity index (χ0n) is 13.7. The molecule has 1 atom stereocenters. The Morgan fingerprint density at radius 3 is 2.59 bits per heavy atom. The maximum absolute atomic E-state index is 12.6. The number of aryl methyl sites for hydroxylation is 2. The highest BCUT2D eigenvalue weighted by Crippen LogP contribution is 2.17. The second-order valence-corrected chi connectivity index (χ2v) is 5.41. The van der Waals surface area contributed by atoms with Crippen molar-refractivity contribution in [3.8, 4) is 0 Å². The van der Waals surface area contributed by atoms with Crippen molar-refractivity contribution in [2.45, 2.75) is 34.1 Å². The first-order valence-corrected chi connectivity index (χ1v) is 7.53. The minimum Gasteiger partial charge on any atom is -0.481 e. The van der Waals surface area contributed by atoms with E-state index in [1.165, 1.54) is 4.90 Å². The van der Waals surface area contributed by atoms with Gasteiger partial charge in [0.15, 0.2) is 5.76 Å². The molecule has 0 saturated carbocycles. The van der Waals surface area contributed by atoms with Crippen molar-refractivity contribution in [3.63, 3.8) is 0 Å². The van der Waals surface area contributed by atoms with E-state index in [9.17, 15) is 9.59 Å². The van der Waals surface area contributed by atoms with Crippen LogP contribution in [-0.4, -0.2) is 48.2 Å². The van der Waals surface area contributed by atoms with Gasteiger partial charge in [0.05, 0.1) is 5.92 Å². The molecule has 1 unspecified atom stereocenters. The fraction of sp³-hybridized carbons (Fsp3) is 0.625. The van der Waals surface area contributed by atoms with Crippen molar-refractivity contribution in [3.05, 3.63) is 23.2 Å². The monoisotopic (exact) mass is 311 g/mol. The number of aliphatic carboxylic acids is 1. The molecule has 1 aromatic heterocycles. The lowest BCUT2D eigenvalue weighted by Crippen LogP contribution is -2.38. The number of carbonyl (C=O) groups is 2. The largest absolute Gasteiger partial charge is 0.481 e. The lowest BCUT2D eigenvalue weighted by atomic mass is 10.1. The van der Waals surface area contributed by atoms with Crippen molar-refractivity contribution >= 4 is 11.9 Å². The minimum absolute atomic E-state index is 0.152. The normalized spacial score (nSPS) is 12.2. The van der Waals surface area contributed by atoms with E-state index in [2.05, 4.69) is 0 Å². The third kappa shape index (κ3) is 5.18. The Balaban J connectivity index is 2.80. The van der Waals surface area contributed by atoms with Crippen LogP contribution >= 0.6 is 0 Å². The molecule has 6 nitrogen and oxygen atoms in total. The Kier molecular flexibility index (Phi) is 7.11. The van der Waals surface area contributed by atoms with Crippen LogP contribution < -0.4 is 0 Å². The van der Waals surface area contributed by atoms with E-state index in [0.29, 0.717) is 31.9 Å². The maximum Gasteiger partial charge on any atom is 0.308 e. The molecule has 0 radical (unpaired) electrons. The topological polar surface area (TPSA) is 80.0 Å². The summed E-state index contributed by atoms with van der Waals surface area (Å²) in [6.07, 6.45) is 0.657. The number of nitrogens with zero attached hydrogens (tertiary/aromatic N) is 1. The van der Waals surface area contributed by atoms with E-state index >= 15 is 0 Å². The molecule has 1 rings (SSSR count). The molecule has 0 aliphatic carbocycles. The molecule has 0 aliphatic heterocycles. The first-order valence-electron chi connectivity index (χ1n) is 7.53. The summed E-state index contributed by atoms with van der Waals surface area (Å²) in [6.45, 7) is 8.84. The van der Waals surface area contributed by atoms with E-state index in [1.807, 2.05) is 13.8 Å². The van der Waals surface area contributed by atoms with Crippen LogP contribution in [0.5, 0.6) is 0 Å². The first kappa shape index (κ1) is 18.2. The van der Waals surface area contributed by atoms with Gasteiger partial charge < -0.3 is 19.2 Å². The second kappa shape index (κ2) is 8.58. The zero-order chi connectivity index (χ0) is 16.7. The predicted molar refractivity (Wildman–Crippen MR) is 82.0 cm³/mol. The Hall–Kier alpha value is -1.82. The average Bonchev–Trinajstić information content (AvgIpc) is 2.79. The number of carbonyl (C=O) groups excluding carboxylic acids is 1. The first-order chi connectivity index (χ1) is 10.4. The number of carboxylic acids is 1. The van der Waals surface area contributed by atoms with Crippen LogP contribution in [0.3, 0.4) is 0 Å². The van der Waals surface area contributed by atoms with E-state index in [0.717, 1.165) is 5.56 Å². The molecule has 22 heavy (non-hydrogen) atoms. The van der Waals surface area contributed by atoms with Crippen molar-refractivity contribution in [1.29, 1.82) is 0 Å². The van der Waals surface area contributed by atoms with Gasteiger partial charge in [-0.25, -0.2) is 0 Å². The minimum atomic E-state index is -0.921. The Bertz CT molecular complexity index is 509. The zero-order valence-corrected chi connectivity index (χ0v) is 13.7. The summed E-state index contributed by atoms with van der Waals surface area (Å²) in [5.74, 6) is -0.870. The SMILES string of the molecule is CCOCCCN(CC(C)C(=O)O)C(=O)c1oc(C)cc1C. The molecule has 0 saturated heterocycles. The van der Waals surface area contributed by atoms with Crippen LogP contribution in [0.1, 0.15) is 42.1 Å². The Labute approximate surface area is 131 Å². The lowest BCUT2D eigenvalue weighted by molar-refractivity contribution is -0.141. The van der Waals surface area contributed by atoms with Gasteiger partial charge >= 0.3 is 5.97 Å². The van der Waals surface area contributed by atoms with Gasteiger partial charge in [0.25, 0.3) is 5.91 Å². The predicted octanol–water partition coefficient (Wildman–Crippen LogP) is 2.49. The molecule has 1 heterocycles. The Morgan fingerprint density at radius 1 is 1.41 bits per heavy atom. The molecule has 6 heteroatoms. The summed E-state index contributed by atoms with van der Waals surface area (Å²) in [7, 11) is 0. The van der Waals surface area contributed by atoms with Gasteiger partial charge in [-0.15, -0.1) is 0 Å². The quantitative estimate of drug-likeness (QED) is 0.709. The average molecular weight is 311 g/mol. The molecule has 124 valence electrons. The molecular weight excluding hydrogens is 286 g/mol. The van der Waals surface area contributed by atoms with Gasteiger partial charge in [-0.1, -0.05) is 6.92 Å². The van der Waals surface area contributed by atoms with Crippen molar-refractivity contribution < 1.29 is 23.8 Å². The molecule has 1 N–H and O–H groups in total. The number of furan rings is 1. The highest BCUT2D eigenvalue weighted by molar-refractivity contribution is 5.93. The molecule has 0 bridgehead atoms. The van der Waals surface area contributed by atoms with Gasteiger partial charge in [-0.05, 0) is 33.3 Å². The van der Waals surface area contributed by atoms with Gasteiger partial charge in [0, 0.05) is 31.9 Å². The van der Waals surface area contributed by atoms with Crippen LogP contribution in [0.2, 0.25) is 0 Å². The lowest BCUT2D eigenvalue weighted by Gasteiger charge is -2.24. The fourth-order valence-electron chi connectivity index (χ4n) is 2.18. The number of hydrogen-bond donors (Lipinski definition) is 1. The number of carboxylic acid groups (broad SMARTS) is 1. The van der Waals surface area contributed by atoms with Gasteiger partial charge in [0.2, 0.25) is 0 Å². The van der Waals surface area contributed by atoms with Gasteiger partial charge in [0.1, 0.15) is 5.76 Å². The van der Waals surface area contributed by atoms with E-state index in [1.54, 1.807) is 19.9 Å². The molecular formula is C16H25NO5. The number of rotatable bonds is 9. The van der Waals surface area contributed by atoms with Gasteiger partial charge in [-0.2, -0.15) is 0 Å². The van der Waals surface area contributed by atoms with Crippen LogP contribution in [0.4, 0.5) is 0 Å². The number of amides is 1. The van der Waals surface area contributed by atoms with Crippen LogP contribution in [0, 0.1) is 19.8 Å². The maximum atomic E-state index is 12.6. The van der Waals surface area contributed by atoms with Crippen LogP contribution in [-0.2, 0) is 9.53 Å². The van der Waals surface area contributed by atoms with E-state index < -0.39 is 11.9 Å². The summed E-state index contributed by atoms with van der Waals surface area (Å²) < 4.78 is 10.7. The smallest absolute Gasteiger partial charge is 0.308 e. The van der Waals surface area contributed by atoms with E-state index in [4.69, 9.17) is 14.3 Å². The summed E-state index contributed by atoms with van der Waals surface area (Å²) in [4.78, 5) is 25.2. The number of ether oxygens (including phenoxy) is 1. The molecule has 1 amide bonds. The number of hydrogen-bond acceptors (Lipinski definition) is 4. The standard InChI is InChI=1S/C16H25NO5/c1-5-21-8-6-7-17(10-12(3)16(19)20)15(18)14-11(2)9-13(4)22-14/h9,12H,5-8,10H2,1-4H3,(H,19,20). The second-order valence-electron chi connectivity index (χ2n) is 5.41. The van der Waals surface area contributed by atoms with Crippen molar-refractivity contribution in [1.82, 2.24) is 4.90 Å². The molecule has 0 aromatic carbocycles. The fourth-order valence-corrected chi connectivity index (χ4v) is 2.18. The third-order valence-corrected chi connectivity index (χ3v) is 3.36. The molecule has 0 fully saturated rings.